The van der Waals surface area contributed by atoms with E-state index in [2.05, 4.69) is 20.3 Å². The first kappa shape index (κ1) is 18.2. The lowest BCUT2D eigenvalue weighted by Gasteiger charge is -2.12. The van der Waals surface area contributed by atoms with Gasteiger partial charge < -0.3 is 25.3 Å². The van der Waals surface area contributed by atoms with Crippen LogP contribution in [0, 0.1) is 0 Å². The fourth-order valence-corrected chi connectivity index (χ4v) is 3.59. The molecule has 5 rings (SSSR count). The lowest BCUT2D eigenvalue weighted by atomic mass is 10.1. The highest BCUT2D eigenvalue weighted by molar-refractivity contribution is 6.09. The van der Waals surface area contributed by atoms with Crippen molar-refractivity contribution >= 4 is 22.6 Å². The predicted molar refractivity (Wildman–Crippen MR) is 115 cm³/mol. The quantitative estimate of drug-likeness (QED) is 0.475. The molecule has 8 nitrogen and oxygen atoms in total. The number of H-pyrrole nitrogens is 1. The van der Waals surface area contributed by atoms with Crippen molar-refractivity contribution in [1.29, 1.82) is 0 Å². The first-order valence-electron chi connectivity index (χ1n) is 9.83. The number of carbonyl (C=O) groups is 1. The van der Waals surface area contributed by atoms with Crippen LogP contribution in [0.3, 0.4) is 0 Å². The molecule has 0 saturated heterocycles. The van der Waals surface area contributed by atoms with Crippen LogP contribution < -0.4 is 15.8 Å². The van der Waals surface area contributed by atoms with E-state index in [4.69, 9.17) is 10.5 Å². The number of imidazole rings is 1. The minimum atomic E-state index is -0.211. The lowest BCUT2D eigenvalue weighted by Crippen LogP contribution is -2.18. The second-order valence-electron chi connectivity index (χ2n) is 7.50. The van der Waals surface area contributed by atoms with Crippen molar-refractivity contribution in [3.05, 3.63) is 48.4 Å². The molecule has 1 aliphatic rings. The number of aryl methyl sites for hydroxylation is 1. The molecule has 1 fully saturated rings. The SMILES string of the molecule is CNC(=O)c1cnc(N)c2[nH]c(-c3ccc(-c4nccn4C)cc3OC3CC3)cc12. The van der Waals surface area contributed by atoms with Crippen LogP contribution in [0.2, 0.25) is 0 Å². The summed E-state index contributed by atoms with van der Waals surface area (Å²) in [5.74, 6) is 1.78. The molecule has 30 heavy (non-hydrogen) atoms. The summed E-state index contributed by atoms with van der Waals surface area (Å²) in [5.41, 5.74) is 9.88. The molecule has 3 aromatic heterocycles. The zero-order chi connectivity index (χ0) is 20.8. The van der Waals surface area contributed by atoms with Gasteiger partial charge in [0.05, 0.1) is 22.9 Å². The van der Waals surface area contributed by atoms with Crippen molar-refractivity contribution in [2.45, 2.75) is 18.9 Å². The van der Waals surface area contributed by atoms with Crippen LogP contribution in [0.5, 0.6) is 5.75 Å². The average Bonchev–Trinajstić information content (AvgIpc) is 3.27. The number of nitrogens with zero attached hydrogens (tertiary/aromatic N) is 3. The van der Waals surface area contributed by atoms with E-state index in [0.29, 0.717) is 16.9 Å². The van der Waals surface area contributed by atoms with Gasteiger partial charge in [0, 0.05) is 49.2 Å². The molecule has 0 unspecified atom stereocenters. The number of ether oxygens (including phenoxy) is 1. The lowest BCUT2D eigenvalue weighted by molar-refractivity contribution is 0.0964. The first-order chi connectivity index (χ1) is 14.5. The summed E-state index contributed by atoms with van der Waals surface area (Å²) in [4.78, 5) is 24.2. The van der Waals surface area contributed by atoms with E-state index >= 15 is 0 Å². The number of nitrogens with two attached hydrogens (primary N) is 1. The number of carbonyl (C=O) groups excluding carboxylic acids is 1. The van der Waals surface area contributed by atoms with Crippen LogP contribution in [0.4, 0.5) is 5.82 Å². The predicted octanol–water partition coefficient (Wildman–Crippen LogP) is 3.11. The molecule has 4 aromatic rings. The molecule has 0 radical (unpaired) electrons. The van der Waals surface area contributed by atoms with Gasteiger partial charge in [-0.3, -0.25) is 4.79 Å². The number of aromatic amines is 1. The topological polar surface area (TPSA) is 111 Å². The van der Waals surface area contributed by atoms with E-state index < -0.39 is 0 Å². The van der Waals surface area contributed by atoms with Gasteiger partial charge in [0.25, 0.3) is 5.91 Å². The fraction of sp³-hybridized carbons (Fsp3) is 0.227. The van der Waals surface area contributed by atoms with Gasteiger partial charge in [0.15, 0.2) is 0 Å². The Labute approximate surface area is 173 Å². The van der Waals surface area contributed by atoms with Crippen LogP contribution in [0.15, 0.2) is 42.9 Å². The van der Waals surface area contributed by atoms with Crippen LogP contribution >= 0.6 is 0 Å². The molecular formula is C22H22N6O2. The number of hydrogen-bond donors (Lipinski definition) is 3. The standard InChI is InChI=1S/C22H22N6O2/c1-24-22(29)16-11-26-20(23)19-15(16)10-17(27-19)14-6-3-12(21-25-7-8-28(21)2)9-18(14)30-13-4-5-13/h3,6-11,13,27H,4-5H2,1-2H3,(H2,23,26)(H,24,29). The maximum Gasteiger partial charge on any atom is 0.253 e. The number of amides is 1. The molecular weight excluding hydrogens is 380 g/mol. The molecule has 152 valence electrons. The Morgan fingerprint density at radius 2 is 2.13 bits per heavy atom. The van der Waals surface area contributed by atoms with Gasteiger partial charge in [-0.05, 0) is 31.0 Å². The summed E-state index contributed by atoms with van der Waals surface area (Å²) in [5, 5.41) is 3.37. The highest BCUT2D eigenvalue weighted by Crippen LogP contribution is 2.39. The summed E-state index contributed by atoms with van der Waals surface area (Å²) < 4.78 is 8.20. The summed E-state index contributed by atoms with van der Waals surface area (Å²) in [6.07, 6.45) is 7.53. The Balaban J connectivity index is 1.66. The molecule has 0 atom stereocenters. The maximum absolute atomic E-state index is 12.3. The monoisotopic (exact) mass is 402 g/mol. The minimum absolute atomic E-state index is 0.211. The van der Waals surface area contributed by atoms with Gasteiger partial charge in [-0.15, -0.1) is 0 Å². The first-order valence-corrected chi connectivity index (χ1v) is 9.83. The normalized spacial score (nSPS) is 13.5. The average molecular weight is 402 g/mol. The third-order valence-electron chi connectivity index (χ3n) is 5.34. The van der Waals surface area contributed by atoms with Gasteiger partial charge >= 0.3 is 0 Å². The fourth-order valence-electron chi connectivity index (χ4n) is 3.59. The number of pyridine rings is 1. The van der Waals surface area contributed by atoms with Gasteiger partial charge in [-0.2, -0.15) is 0 Å². The smallest absolute Gasteiger partial charge is 0.253 e. The molecule has 1 saturated carbocycles. The van der Waals surface area contributed by atoms with Crippen LogP contribution in [0.1, 0.15) is 23.2 Å². The number of nitrogen functional groups attached to an aromatic ring is 1. The Morgan fingerprint density at radius 3 is 2.83 bits per heavy atom. The molecule has 4 N–H and O–H groups in total. The van der Waals surface area contributed by atoms with Crippen molar-refractivity contribution in [1.82, 2.24) is 24.8 Å². The van der Waals surface area contributed by atoms with Crippen molar-refractivity contribution in [3.63, 3.8) is 0 Å². The molecule has 3 heterocycles. The largest absolute Gasteiger partial charge is 0.490 e. The third-order valence-corrected chi connectivity index (χ3v) is 5.34. The summed E-state index contributed by atoms with van der Waals surface area (Å²) in [6, 6.07) is 7.97. The molecule has 0 bridgehead atoms. The van der Waals surface area contributed by atoms with E-state index in [1.54, 1.807) is 13.2 Å². The van der Waals surface area contributed by atoms with E-state index in [9.17, 15) is 4.79 Å². The third kappa shape index (κ3) is 3.06. The van der Waals surface area contributed by atoms with Gasteiger partial charge in [-0.1, -0.05) is 6.07 Å². The Morgan fingerprint density at radius 1 is 1.30 bits per heavy atom. The van der Waals surface area contributed by atoms with Crippen LogP contribution in [-0.4, -0.2) is 38.6 Å². The van der Waals surface area contributed by atoms with E-state index in [-0.39, 0.29) is 12.0 Å². The summed E-state index contributed by atoms with van der Waals surface area (Å²) in [7, 11) is 3.56. The Kier molecular flexibility index (Phi) is 4.20. The highest BCUT2D eigenvalue weighted by atomic mass is 16.5. The molecule has 1 amide bonds. The van der Waals surface area contributed by atoms with Crippen molar-refractivity contribution < 1.29 is 9.53 Å². The van der Waals surface area contributed by atoms with Crippen molar-refractivity contribution in [2.24, 2.45) is 7.05 Å². The number of hydrogen-bond acceptors (Lipinski definition) is 5. The Hall–Kier alpha value is -3.81. The van der Waals surface area contributed by atoms with Crippen molar-refractivity contribution in [2.75, 3.05) is 12.8 Å². The highest BCUT2D eigenvalue weighted by Gasteiger charge is 2.26. The number of fused-ring (bicyclic) bond motifs is 1. The van der Waals surface area contributed by atoms with Crippen LogP contribution in [-0.2, 0) is 7.05 Å². The molecule has 8 heteroatoms. The van der Waals surface area contributed by atoms with Gasteiger partial charge in [0.1, 0.15) is 17.4 Å². The van der Waals surface area contributed by atoms with Crippen LogP contribution in [0.25, 0.3) is 33.5 Å². The molecule has 1 aliphatic carbocycles. The van der Waals surface area contributed by atoms with Gasteiger partial charge in [0.2, 0.25) is 0 Å². The Bertz CT molecular complexity index is 1270. The molecule has 0 aliphatic heterocycles. The second-order valence-corrected chi connectivity index (χ2v) is 7.50. The maximum atomic E-state index is 12.3. The summed E-state index contributed by atoms with van der Waals surface area (Å²) >= 11 is 0. The number of nitrogens with one attached hydrogen (secondary N) is 2. The second kappa shape index (κ2) is 6.91. The number of anilines is 1. The summed E-state index contributed by atoms with van der Waals surface area (Å²) in [6.45, 7) is 0. The van der Waals surface area contributed by atoms with E-state index in [0.717, 1.165) is 46.6 Å². The van der Waals surface area contributed by atoms with Crippen molar-refractivity contribution in [3.8, 4) is 28.4 Å². The number of rotatable bonds is 5. The van der Waals surface area contributed by atoms with Gasteiger partial charge in [-0.25, -0.2) is 9.97 Å². The minimum Gasteiger partial charge on any atom is -0.490 e. The molecule has 1 aromatic carbocycles. The molecule has 0 spiro atoms. The van der Waals surface area contributed by atoms with E-state index in [1.165, 1.54) is 6.20 Å². The van der Waals surface area contributed by atoms with E-state index in [1.807, 2.05) is 42.1 Å². The number of aromatic nitrogens is 4. The number of benzene rings is 1. The zero-order valence-corrected chi connectivity index (χ0v) is 16.8. The zero-order valence-electron chi connectivity index (χ0n) is 16.8.